The topological polar surface area (TPSA) is 96.8 Å². The molecule has 0 atom stereocenters. The van der Waals surface area contributed by atoms with Crippen molar-refractivity contribution in [1.82, 2.24) is 25.1 Å². The van der Waals surface area contributed by atoms with Crippen LogP contribution in [0.2, 0.25) is 0 Å². The van der Waals surface area contributed by atoms with Crippen LogP contribution in [0.25, 0.3) is 5.82 Å². The molecule has 3 rings (SSSR count). The van der Waals surface area contributed by atoms with Crippen LogP contribution in [0.3, 0.4) is 0 Å². The third-order valence-corrected chi connectivity index (χ3v) is 4.68. The van der Waals surface area contributed by atoms with Gasteiger partial charge in [0.15, 0.2) is 5.82 Å². The van der Waals surface area contributed by atoms with Crippen molar-refractivity contribution < 1.29 is 18.0 Å². The molecule has 0 saturated heterocycles. The van der Waals surface area contributed by atoms with E-state index in [0.717, 1.165) is 11.4 Å². The Labute approximate surface area is 180 Å². The van der Waals surface area contributed by atoms with E-state index in [9.17, 15) is 18.0 Å². The van der Waals surface area contributed by atoms with Crippen LogP contribution >= 0.6 is 11.8 Å². The monoisotopic (exact) mass is 451 g/mol. The van der Waals surface area contributed by atoms with Gasteiger partial charge in [0.2, 0.25) is 0 Å². The number of nitrogens with zero attached hydrogens (tertiary/aromatic N) is 4. The van der Waals surface area contributed by atoms with E-state index in [0.29, 0.717) is 30.4 Å². The first kappa shape index (κ1) is 22.4. The molecule has 2 aromatic heterocycles. The van der Waals surface area contributed by atoms with Gasteiger partial charge in [-0.05, 0) is 55.9 Å². The van der Waals surface area contributed by atoms with Crippen molar-refractivity contribution in [2.24, 2.45) is 0 Å². The van der Waals surface area contributed by atoms with E-state index in [1.807, 2.05) is 19.9 Å². The molecule has 31 heavy (non-hydrogen) atoms. The highest BCUT2D eigenvalue weighted by Gasteiger charge is 2.29. The maximum absolute atomic E-state index is 12.3. The number of carbonyl (C=O) groups excluding carboxylic acids is 1. The van der Waals surface area contributed by atoms with E-state index in [2.05, 4.69) is 31.0 Å². The Balaban J connectivity index is 1.44. The molecule has 0 aliphatic rings. The lowest BCUT2D eigenvalue weighted by atomic mass is 10.3. The standard InChI is InChI=1S/C19H20F3N7OS/c1-12-9-13(2)29(28-12)17-10-16(25-11-26-17)23-7-8-24-18(30)27-14-3-5-15(6-4-14)31-19(20,21)22/h3-6,9-11H,7-8H2,1-2H3,(H,23,25,26)(H2,24,27,30). The molecule has 0 radical (unpaired) electrons. The predicted octanol–water partition coefficient (Wildman–Crippen LogP) is 4.12. The summed E-state index contributed by atoms with van der Waals surface area (Å²) in [5.41, 5.74) is -2.12. The maximum Gasteiger partial charge on any atom is 0.446 e. The molecule has 3 N–H and O–H groups in total. The lowest BCUT2D eigenvalue weighted by Gasteiger charge is -2.10. The van der Waals surface area contributed by atoms with Gasteiger partial charge in [0.1, 0.15) is 12.1 Å². The van der Waals surface area contributed by atoms with Crippen LogP contribution < -0.4 is 16.0 Å². The largest absolute Gasteiger partial charge is 0.446 e. The zero-order valence-corrected chi connectivity index (χ0v) is 17.5. The lowest BCUT2D eigenvalue weighted by Crippen LogP contribution is -2.32. The van der Waals surface area contributed by atoms with Gasteiger partial charge in [0.05, 0.1) is 5.69 Å². The second-order valence-electron chi connectivity index (χ2n) is 6.48. The third-order valence-electron chi connectivity index (χ3n) is 3.94. The fourth-order valence-corrected chi connectivity index (χ4v) is 3.24. The minimum absolute atomic E-state index is 0.0485. The number of hydrogen-bond donors (Lipinski definition) is 3. The summed E-state index contributed by atoms with van der Waals surface area (Å²) in [4.78, 5) is 20.4. The quantitative estimate of drug-likeness (QED) is 0.369. The number of rotatable bonds is 7. The molecular formula is C19H20F3N7OS. The number of thioether (sulfide) groups is 1. The fraction of sp³-hybridized carbons (Fsp3) is 0.263. The Kier molecular flexibility index (Phi) is 7.00. The van der Waals surface area contributed by atoms with Crippen molar-refractivity contribution in [2.75, 3.05) is 23.7 Å². The number of nitrogens with one attached hydrogen (secondary N) is 3. The molecule has 0 aliphatic carbocycles. The van der Waals surface area contributed by atoms with Crippen LogP contribution in [0, 0.1) is 13.8 Å². The number of alkyl halides is 3. The molecule has 164 valence electrons. The summed E-state index contributed by atoms with van der Waals surface area (Å²) in [7, 11) is 0. The molecular weight excluding hydrogens is 431 g/mol. The first-order valence-corrected chi connectivity index (χ1v) is 10.0. The van der Waals surface area contributed by atoms with E-state index < -0.39 is 11.5 Å². The molecule has 1 aromatic carbocycles. The summed E-state index contributed by atoms with van der Waals surface area (Å²) < 4.78 is 38.7. The van der Waals surface area contributed by atoms with E-state index in [1.54, 1.807) is 10.7 Å². The second-order valence-corrected chi connectivity index (χ2v) is 7.62. The van der Waals surface area contributed by atoms with Gasteiger partial charge in [0.25, 0.3) is 0 Å². The van der Waals surface area contributed by atoms with Gasteiger partial charge in [-0.3, -0.25) is 0 Å². The molecule has 0 aliphatic heterocycles. The number of halogens is 3. The number of carbonyl (C=O) groups is 1. The summed E-state index contributed by atoms with van der Waals surface area (Å²) >= 11 is -0.208. The zero-order chi connectivity index (χ0) is 22.4. The van der Waals surface area contributed by atoms with Crippen molar-refractivity contribution in [2.45, 2.75) is 24.3 Å². The Morgan fingerprint density at radius 1 is 1.10 bits per heavy atom. The van der Waals surface area contributed by atoms with Crippen LogP contribution in [-0.2, 0) is 0 Å². The Bertz CT molecular complexity index is 1040. The Morgan fingerprint density at radius 3 is 2.48 bits per heavy atom. The number of aryl methyl sites for hydroxylation is 2. The number of amides is 2. The smallest absolute Gasteiger partial charge is 0.368 e. The average Bonchev–Trinajstić information content (AvgIpc) is 3.04. The summed E-state index contributed by atoms with van der Waals surface area (Å²) in [5.74, 6) is 1.21. The van der Waals surface area contributed by atoms with Crippen molar-refractivity contribution in [3.8, 4) is 5.82 Å². The molecule has 0 saturated carbocycles. The zero-order valence-electron chi connectivity index (χ0n) is 16.7. The lowest BCUT2D eigenvalue weighted by molar-refractivity contribution is -0.0328. The number of benzene rings is 1. The molecule has 0 spiro atoms. The van der Waals surface area contributed by atoms with Crippen molar-refractivity contribution in [3.63, 3.8) is 0 Å². The van der Waals surface area contributed by atoms with Gasteiger partial charge >= 0.3 is 11.5 Å². The number of hydrogen-bond acceptors (Lipinski definition) is 6. The SMILES string of the molecule is Cc1cc(C)n(-c2cc(NCCNC(=O)Nc3ccc(SC(F)(F)F)cc3)ncn2)n1. The third kappa shape index (κ3) is 6.88. The molecule has 0 bridgehead atoms. The molecule has 12 heteroatoms. The van der Waals surface area contributed by atoms with Crippen molar-refractivity contribution in [3.05, 3.63) is 54.1 Å². The van der Waals surface area contributed by atoms with Crippen LogP contribution in [0.1, 0.15) is 11.4 Å². The van der Waals surface area contributed by atoms with Crippen LogP contribution in [0.15, 0.2) is 47.6 Å². The van der Waals surface area contributed by atoms with E-state index in [-0.39, 0.29) is 16.7 Å². The summed E-state index contributed by atoms with van der Waals surface area (Å²) in [6, 6.07) is 8.64. The molecule has 2 heterocycles. The minimum atomic E-state index is -4.35. The first-order valence-electron chi connectivity index (χ1n) is 9.20. The van der Waals surface area contributed by atoms with Crippen LogP contribution in [-0.4, -0.2) is 44.4 Å². The van der Waals surface area contributed by atoms with Crippen molar-refractivity contribution in [1.29, 1.82) is 0 Å². The van der Waals surface area contributed by atoms with Gasteiger partial charge in [0, 0.05) is 35.4 Å². The van der Waals surface area contributed by atoms with E-state index in [4.69, 9.17) is 0 Å². The number of anilines is 2. The second kappa shape index (κ2) is 9.69. The summed E-state index contributed by atoms with van der Waals surface area (Å²) in [5, 5.41) is 12.7. The predicted molar refractivity (Wildman–Crippen MR) is 112 cm³/mol. The molecule has 0 fully saturated rings. The number of urea groups is 1. The Hall–Kier alpha value is -3.28. The van der Waals surface area contributed by atoms with Gasteiger partial charge < -0.3 is 16.0 Å². The van der Waals surface area contributed by atoms with Gasteiger partial charge in [-0.2, -0.15) is 18.3 Å². The van der Waals surface area contributed by atoms with Gasteiger partial charge in [-0.15, -0.1) is 0 Å². The van der Waals surface area contributed by atoms with Gasteiger partial charge in [-0.1, -0.05) is 0 Å². The van der Waals surface area contributed by atoms with Gasteiger partial charge in [-0.25, -0.2) is 19.4 Å². The first-order chi connectivity index (χ1) is 14.7. The fourth-order valence-electron chi connectivity index (χ4n) is 2.70. The average molecular weight is 451 g/mol. The Morgan fingerprint density at radius 2 is 1.84 bits per heavy atom. The van der Waals surface area contributed by atoms with Crippen LogP contribution in [0.4, 0.5) is 29.5 Å². The number of aromatic nitrogens is 4. The highest BCUT2D eigenvalue weighted by molar-refractivity contribution is 8.00. The highest BCUT2D eigenvalue weighted by atomic mass is 32.2. The van der Waals surface area contributed by atoms with Crippen molar-refractivity contribution >= 4 is 29.3 Å². The van der Waals surface area contributed by atoms with Crippen LogP contribution in [0.5, 0.6) is 0 Å². The van der Waals surface area contributed by atoms with E-state index in [1.165, 1.54) is 30.6 Å². The highest BCUT2D eigenvalue weighted by Crippen LogP contribution is 2.37. The maximum atomic E-state index is 12.3. The minimum Gasteiger partial charge on any atom is -0.368 e. The normalized spacial score (nSPS) is 11.3. The molecule has 0 unspecified atom stereocenters. The molecule has 2 amide bonds. The summed E-state index contributed by atoms with van der Waals surface area (Å²) in [6.45, 7) is 4.53. The van der Waals surface area contributed by atoms with E-state index >= 15 is 0 Å². The molecule has 8 nitrogen and oxygen atoms in total. The summed E-state index contributed by atoms with van der Waals surface area (Å²) in [6.07, 6.45) is 1.43. The molecule has 3 aromatic rings.